The number of rotatable bonds is 13. The maximum Gasteiger partial charge on any atom is 0.480 e. The maximum atomic E-state index is 13.5. The molecule has 2 aromatic rings. The number of aromatic nitrogens is 2. The van der Waals surface area contributed by atoms with E-state index in [2.05, 4.69) is 34.4 Å². The fraction of sp³-hybridized carbons (Fsp3) is 0.538. The Bertz CT molecular complexity index is 926. The predicted molar refractivity (Wildman–Crippen MR) is 139 cm³/mol. The number of carbonyl (C=O) groups excluding carboxylic acids is 2. The monoisotopic (exact) mass is 495 g/mol. The number of amides is 2. The largest absolute Gasteiger partial charge is 0.480 e. The molecule has 194 valence electrons. The number of carbonyl (C=O) groups is 2. The van der Waals surface area contributed by atoms with Crippen molar-refractivity contribution in [3.05, 3.63) is 60.2 Å². The normalized spacial score (nSPS) is 15.9. The molecule has 1 aliphatic rings. The highest BCUT2D eigenvalue weighted by molar-refractivity contribution is 6.47. The lowest BCUT2D eigenvalue weighted by Crippen LogP contribution is -2.57. The van der Waals surface area contributed by atoms with Crippen LogP contribution in [0.25, 0.3) is 0 Å². The smallest absolute Gasteiger partial charge is 0.409 e. The molecule has 36 heavy (non-hydrogen) atoms. The Morgan fingerprint density at radius 2 is 1.86 bits per heavy atom. The molecule has 1 aromatic heterocycles. The molecule has 0 radical (unpaired) electrons. The topological polar surface area (TPSA) is 128 Å². The van der Waals surface area contributed by atoms with E-state index < -0.39 is 19.1 Å². The molecule has 4 N–H and O–H groups in total. The molecule has 1 aromatic carbocycles. The van der Waals surface area contributed by atoms with Gasteiger partial charge in [-0.2, -0.15) is 0 Å². The first-order chi connectivity index (χ1) is 17.5. The molecule has 1 fully saturated rings. The van der Waals surface area contributed by atoms with Crippen molar-refractivity contribution in [3.63, 3.8) is 0 Å². The fourth-order valence-electron chi connectivity index (χ4n) is 4.27. The van der Waals surface area contributed by atoms with Gasteiger partial charge < -0.3 is 25.7 Å². The van der Waals surface area contributed by atoms with E-state index in [4.69, 9.17) is 15.0 Å². The van der Waals surface area contributed by atoms with Crippen LogP contribution in [0.3, 0.4) is 0 Å². The van der Waals surface area contributed by atoms with Crippen molar-refractivity contribution < 1.29 is 18.9 Å². The number of nitrogens with zero attached hydrogens (tertiary/aromatic N) is 2. The van der Waals surface area contributed by atoms with Crippen molar-refractivity contribution in [1.82, 2.24) is 20.6 Å². The third-order valence-electron chi connectivity index (χ3n) is 6.14. The fourth-order valence-corrected chi connectivity index (χ4v) is 4.27. The van der Waals surface area contributed by atoms with Crippen LogP contribution in [0.5, 0.6) is 0 Å². The molecule has 0 bridgehead atoms. The first-order valence-corrected chi connectivity index (χ1v) is 12.8. The van der Waals surface area contributed by atoms with Gasteiger partial charge in [0.15, 0.2) is 0 Å². The van der Waals surface area contributed by atoms with E-state index in [-0.39, 0.29) is 17.5 Å². The second-order valence-corrected chi connectivity index (χ2v) is 9.74. The number of nitrogens with two attached hydrogens (primary N) is 1. The van der Waals surface area contributed by atoms with Gasteiger partial charge in [0, 0.05) is 37.9 Å². The summed E-state index contributed by atoms with van der Waals surface area (Å²) in [5.41, 5.74) is 6.69. The van der Waals surface area contributed by atoms with Crippen LogP contribution in [0, 0.1) is 11.8 Å². The Kier molecular flexibility index (Phi) is 11.3. The van der Waals surface area contributed by atoms with Gasteiger partial charge in [-0.3, -0.25) is 14.6 Å². The summed E-state index contributed by atoms with van der Waals surface area (Å²) in [5, 5.41) is 5.94. The van der Waals surface area contributed by atoms with E-state index in [1.54, 1.807) is 0 Å². The summed E-state index contributed by atoms with van der Waals surface area (Å²) in [5.74, 6) is -0.440. The molecule has 2 amide bonds. The summed E-state index contributed by atoms with van der Waals surface area (Å²) >= 11 is 0. The number of benzene rings is 1. The summed E-state index contributed by atoms with van der Waals surface area (Å²) in [6, 6.07) is 8.78. The Hall–Kier alpha value is -2.82. The van der Waals surface area contributed by atoms with E-state index in [0.717, 1.165) is 24.8 Å². The van der Waals surface area contributed by atoms with Crippen LogP contribution in [0.4, 0.5) is 0 Å². The Balaban J connectivity index is 1.68. The lowest BCUT2D eigenvalue weighted by atomic mass is 9.72. The van der Waals surface area contributed by atoms with Crippen LogP contribution in [0.15, 0.2) is 48.9 Å². The van der Waals surface area contributed by atoms with E-state index in [1.165, 1.54) is 18.6 Å². The summed E-state index contributed by atoms with van der Waals surface area (Å²) in [7, 11) is -0.532. The molecule has 2 atom stereocenters. The van der Waals surface area contributed by atoms with Crippen LogP contribution in [0.1, 0.15) is 55.6 Å². The molecule has 1 unspecified atom stereocenters. The molecular formula is C26H38BN5O4. The van der Waals surface area contributed by atoms with Gasteiger partial charge in [-0.25, -0.2) is 4.98 Å². The number of nitrogens with one attached hydrogen (secondary N) is 2. The van der Waals surface area contributed by atoms with Crippen molar-refractivity contribution in [2.45, 2.75) is 57.9 Å². The average Bonchev–Trinajstić information content (AvgIpc) is 2.89. The summed E-state index contributed by atoms with van der Waals surface area (Å²) in [4.78, 5) is 34.3. The third-order valence-corrected chi connectivity index (χ3v) is 6.14. The third kappa shape index (κ3) is 9.00. The Morgan fingerprint density at radius 3 is 2.50 bits per heavy atom. The first-order valence-electron chi connectivity index (χ1n) is 12.8. The van der Waals surface area contributed by atoms with Crippen LogP contribution in [-0.4, -0.2) is 60.6 Å². The molecule has 1 saturated heterocycles. The second-order valence-electron chi connectivity index (χ2n) is 9.74. The van der Waals surface area contributed by atoms with Gasteiger partial charge in [0.05, 0.1) is 12.1 Å². The van der Waals surface area contributed by atoms with Crippen molar-refractivity contribution in [1.29, 1.82) is 0 Å². The zero-order valence-electron chi connectivity index (χ0n) is 21.3. The zero-order valence-corrected chi connectivity index (χ0v) is 21.3. The number of unbranched alkanes of at least 4 members (excludes halogenated alkanes) is 1. The first kappa shape index (κ1) is 27.8. The standard InChI is InChI=1S/C26H38BN5O4/c1-19(2)14-24(27-35-17-21(18-36-27)10-6-7-11-28)32-25(33)22(15-20-8-4-3-5-9-20)31-26(34)23-16-29-12-13-30-23/h3-5,8-9,12-13,16,19,21-22,24H,6-7,10-11,14-15,17-18,28H2,1-2H3,(H,31,34)(H,32,33)/t22?,24-/m0/s1. The van der Waals surface area contributed by atoms with E-state index in [0.29, 0.717) is 44.4 Å². The van der Waals surface area contributed by atoms with Crippen molar-refractivity contribution in [2.75, 3.05) is 19.8 Å². The minimum Gasteiger partial charge on any atom is -0.409 e. The SMILES string of the molecule is CC(C)C[C@H](NC(=O)C(Cc1ccccc1)NC(=O)c1cnccn1)B1OCC(CCCCN)CO1. The van der Waals surface area contributed by atoms with Gasteiger partial charge in [-0.05, 0) is 37.3 Å². The highest BCUT2D eigenvalue weighted by Crippen LogP contribution is 2.19. The number of hydrogen-bond acceptors (Lipinski definition) is 7. The van der Waals surface area contributed by atoms with Crippen molar-refractivity contribution in [3.8, 4) is 0 Å². The van der Waals surface area contributed by atoms with Gasteiger partial charge in [0.25, 0.3) is 5.91 Å². The molecule has 0 saturated carbocycles. The summed E-state index contributed by atoms with van der Waals surface area (Å²) in [6.07, 6.45) is 8.40. The average molecular weight is 495 g/mol. The van der Waals surface area contributed by atoms with Gasteiger partial charge in [0.1, 0.15) is 11.7 Å². The van der Waals surface area contributed by atoms with Gasteiger partial charge >= 0.3 is 7.12 Å². The van der Waals surface area contributed by atoms with E-state index in [1.807, 2.05) is 30.3 Å². The van der Waals surface area contributed by atoms with E-state index in [9.17, 15) is 9.59 Å². The Morgan fingerprint density at radius 1 is 1.11 bits per heavy atom. The molecule has 3 rings (SSSR count). The van der Waals surface area contributed by atoms with E-state index >= 15 is 0 Å². The molecule has 10 heteroatoms. The van der Waals surface area contributed by atoms with Crippen molar-refractivity contribution >= 4 is 18.9 Å². The minimum atomic E-state index is -0.802. The summed E-state index contributed by atoms with van der Waals surface area (Å²) in [6.45, 7) is 6.06. The maximum absolute atomic E-state index is 13.5. The van der Waals surface area contributed by atoms with Gasteiger partial charge in [-0.1, -0.05) is 50.6 Å². The molecule has 0 aliphatic carbocycles. The molecule has 9 nitrogen and oxygen atoms in total. The van der Waals surface area contributed by atoms with Gasteiger partial charge in [0.2, 0.25) is 5.91 Å². The molecular weight excluding hydrogens is 457 g/mol. The zero-order chi connectivity index (χ0) is 25.8. The highest BCUT2D eigenvalue weighted by Gasteiger charge is 2.37. The van der Waals surface area contributed by atoms with Crippen LogP contribution in [-0.2, 0) is 20.5 Å². The predicted octanol–water partition coefficient (Wildman–Crippen LogP) is 2.17. The summed E-state index contributed by atoms with van der Waals surface area (Å²) < 4.78 is 12.1. The molecule has 0 spiro atoms. The molecule has 2 heterocycles. The van der Waals surface area contributed by atoms with Crippen LogP contribution < -0.4 is 16.4 Å². The lowest BCUT2D eigenvalue weighted by Gasteiger charge is -2.33. The van der Waals surface area contributed by atoms with Crippen LogP contribution >= 0.6 is 0 Å². The molecule has 1 aliphatic heterocycles. The Labute approximate surface area is 214 Å². The van der Waals surface area contributed by atoms with Gasteiger partial charge in [-0.15, -0.1) is 0 Å². The van der Waals surface area contributed by atoms with Crippen LogP contribution in [0.2, 0.25) is 0 Å². The quantitative estimate of drug-likeness (QED) is 0.287. The lowest BCUT2D eigenvalue weighted by molar-refractivity contribution is -0.123. The minimum absolute atomic E-state index is 0.154. The van der Waals surface area contributed by atoms with Crippen molar-refractivity contribution in [2.24, 2.45) is 17.6 Å². The second kappa shape index (κ2) is 14.7. The highest BCUT2D eigenvalue weighted by atomic mass is 16.6. The number of hydrogen-bond donors (Lipinski definition) is 3.